The lowest BCUT2D eigenvalue weighted by Crippen LogP contribution is -2.43. The van der Waals surface area contributed by atoms with Gasteiger partial charge in [-0.2, -0.15) is 0 Å². The molecule has 2 saturated heterocycles. The molecule has 2 aliphatic heterocycles. The Morgan fingerprint density at radius 3 is 1.14 bits per heavy atom. The normalized spacial score (nSPS) is 23.8. The Bertz CT molecular complexity index is 1130. The molecule has 6 unspecified atom stereocenters. The highest BCUT2D eigenvalue weighted by Crippen LogP contribution is 2.40. The first-order valence-electron chi connectivity index (χ1n) is 17.3. The summed E-state index contributed by atoms with van der Waals surface area (Å²) < 4.78 is 41.5. The molecule has 0 spiro atoms. The topological polar surface area (TPSA) is 183 Å². The number of ether oxygens (including phenoxy) is 8. The van der Waals surface area contributed by atoms with Gasteiger partial charge in [0.15, 0.2) is 0 Å². The van der Waals surface area contributed by atoms with Crippen molar-refractivity contribution in [2.45, 2.75) is 88.6 Å². The fourth-order valence-corrected chi connectivity index (χ4v) is 5.76. The van der Waals surface area contributed by atoms with Crippen molar-refractivity contribution in [3.8, 4) is 0 Å². The van der Waals surface area contributed by atoms with Gasteiger partial charge >= 0.3 is 35.8 Å². The van der Waals surface area contributed by atoms with Crippen molar-refractivity contribution in [2.75, 3.05) is 39.6 Å². The third kappa shape index (κ3) is 15.6. The van der Waals surface area contributed by atoms with Gasteiger partial charge in [-0.1, -0.05) is 26.3 Å². The van der Waals surface area contributed by atoms with Gasteiger partial charge in [0, 0.05) is 37.1 Å². The zero-order chi connectivity index (χ0) is 37.2. The molecule has 14 heteroatoms. The summed E-state index contributed by atoms with van der Waals surface area (Å²) in [6, 6.07) is 0. The number of unbranched alkanes of at least 4 members (excludes halogenated alkanes) is 1. The number of epoxide rings is 2. The second-order valence-electron chi connectivity index (χ2n) is 13.1. The summed E-state index contributed by atoms with van der Waals surface area (Å²) in [4.78, 5) is 68.9. The first-order chi connectivity index (χ1) is 24.5. The average molecular weight is 719 g/mol. The molecule has 2 aliphatic carbocycles. The molecule has 282 valence electrons. The first kappa shape index (κ1) is 41.1. The van der Waals surface area contributed by atoms with Crippen molar-refractivity contribution in [3.05, 3.63) is 50.6 Å². The zero-order valence-corrected chi connectivity index (χ0v) is 29.1. The lowest BCUT2D eigenvalue weighted by atomic mass is 9.90. The Hall–Kier alpha value is -4.30. The van der Waals surface area contributed by atoms with Crippen LogP contribution in [0.1, 0.15) is 64.2 Å². The molecule has 0 aromatic rings. The molecule has 0 bridgehead atoms. The highest BCUT2D eigenvalue weighted by Gasteiger charge is 2.45. The fourth-order valence-electron chi connectivity index (χ4n) is 5.76. The molecule has 2 saturated carbocycles. The zero-order valence-electron chi connectivity index (χ0n) is 29.1. The van der Waals surface area contributed by atoms with Gasteiger partial charge in [-0.25, -0.2) is 19.2 Å². The van der Waals surface area contributed by atoms with Crippen molar-refractivity contribution in [1.82, 2.24) is 0 Å². The summed E-state index contributed by atoms with van der Waals surface area (Å²) in [5, 5.41) is 0. The number of hydrogen-bond donors (Lipinski definition) is 0. The molecule has 6 atom stereocenters. The molecule has 0 amide bonds. The molecule has 4 aliphatic rings. The molecular formula is C37H50O14. The summed E-state index contributed by atoms with van der Waals surface area (Å²) in [5.41, 5.74) is -1.34. The maximum Gasteiger partial charge on any atom is 0.330 e. The van der Waals surface area contributed by atoms with Crippen molar-refractivity contribution < 1.29 is 66.7 Å². The van der Waals surface area contributed by atoms with Crippen LogP contribution in [0.3, 0.4) is 0 Å². The van der Waals surface area contributed by atoms with E-state index >= 15 is 0 Å². The Kier molecular flexibility index (Phi) is 17.1. The number of carbonyl (C=O) groups excluding carboxylic acids is 6. The van der Waals surface area contributed by atoms with Crippen LogP contribution >= 0.6 is 0 Å². The van der Waals surface area contributed by atoms with Crippen LogP contribution in [0.25, 0.3) is 0 Å². The maximum atomic E-state index is 11.8. The summed E-state index contributed by atoms with van der Waals surface area (Å²) in [6.45, 7) is 12.5. The quantitative estimate of drug-likeness (QED) is 0.0551. The predicted molar refractivity (Wildman–Crippen MR) is 179 cm³/mol. The van der Waals surface area contributed by atoms with Gasteiger partial charge in [0.1, 0.15) is 31.8 Å². The molecule has 14 nitrogen and oxygen atoms in total. The highest BCUT2D eigenvalue weighted by molar-refractivity contribution is 5.82. The standard InChI is InChI=1S/C20H30O6.C17H20O8/c21-19(23-11-13-5-7-15-17(9-13)25-15)3-1-2-4-20(22)24-12-14-6-8-16-18(10-14)26-16;1-5-13(18)22-9-17(10-23-14(19)6-2,11-24-15(20)7-3)12-25-16(21)8-4/h13-18H,1-12H2;5-8H,1-4,9-12H2. The van der Waals surface area contributed by atoms with Gasteiger partial charge in [-0.05, 0) is 63.2 Å². The van der Waals surface area contributed by atoms with Gasteiger partial charge < -0.3 is 37.9 Å². The molecule has 4 rings (SSSR count). The minimum absolute atomic E-state index is 0.154. The van der Waals surface area contributed by atoms with E-state index in [1.54, 1.807) is 0 Å². The summed E-state index contributed by atoms with van der Waals surface area (Å²) in [7, 11) is 0. The van der Waals surface area contributed by atoms with Crippen molar-refractivity contribution in [3.63, 3.8) is 0 Å². The number of fused-ring (bicyclic) bond motifs is 2. The molecule has 0 N–H and O–H groups in total. The van der Waals surface area contributed by atoms with Crippen molar-refractivity contribution in [2.24, 2.45) is 17.3 Å². The third-order valence-electron chi connectivity index (χ3n) is 8.95. The smallest absolute Gasteiger partial charge is 0.330 e. The minimum Gasteiger partial charge on any atom is -0.465 e. The van der Waals surface area contributed by atoms with Crippen LogP contribution in [0.4, 0.5) is 0 Å². The first-order valence-corrected chi connectivity index (χ1v) is 17.3. The van der Waals surface area contributed by atoms with Crippen LogP contribution < -0.4 is 0 Å². The number of rotatable bonds is 21. The molecular weight excluding hydrogens is 668 g/mol. The Morgan fingerprint density at radius 2 is 0.843 bits per heavy atom. The largest absolute Gasteiger partial charge is 0.465 e. The van der Waals surface area contributed by atoms with Gasteiger partial charge in [-0.3, -0.25) is 9.59 Å². The predicted octanol–water partition coefficient (Wildman–Crippen LogP) is 3.66. The second-order valence-corrected chi connectivity index (χ2v) is 13.1. The van der Waals surface area contributed by atoms with Gasteiger partial charge in [-0.15, -0.1) is 0 Å². The summed E-state index contributed by atoms with van der Waals surface area (Å²) in [5.74, 6) is -2.44. The molecule has 0 aromatic carbocycles. The second kappa shape index (κ2) is 21.2. The fraction of sp³-hybridized carbons (Fsp3) is 0.622. The molecule has 0 radical (unpaired) electrons. The Morgan fingerprint density at radius 1 is 0.510 bits per heavy atom. The maximum absolute atomic E-state index is 11.8. The van der Waals surface area contributed by atoms with E-state index in [1.807, 2.05) is 0 Å². The molecule has 0 aromatic heterocycles. The number of carbonyl (C=O) groups is 6. The van der Waals surface area contributed by atoms with E-state index in [0.717, 1.165) is 62.8 Å². The van der Waals surface area contributed by atoms with Crippen LogP contribution in [0.5, 0.6) is 0 Å². The van der Waals surface area contributed by atoms with Crippen molar-refractivity contribution in [1.29, 1.82) is 0 Å². The van der Waals surface area contributed by atoms with E-state index in [4.69, 9.17) is 37.9 Å². The van der Waals surface area contributed by atoms with Gasteiger partial charge in [0.2, 0.25) is 0 Å². The van der Waals surface area contributed by atoms with E-state index in [2.05, 4.69) is 26.3 Å². The van der Waals surface area contributed by atoms with Crippen LogP contribution in [-0.2, 0) is 66.7 Å². The SMILES string of the molecule is C=CC(=O)OCC(COC(=O)C=C)(COC(=O)C=C)COC(=O)C=C.O=C(CCCCC(=O)OCC1CCC2OC2C1)OCC1CCC2OC2C1. The molecule has 4 fully saturated rings. The molecule has 2 heterocycles. The lowest BCUT2D eigenvalue weighted by Gasteiger charge is -2.31. The van der Waals surface area contributed by atoms with Crippen LogP contribution in [0, 0.1) is 17.3 Å². The van der Waals surface area contributed by atoms with E-state index in [0.29, 0.717) is 75.1 Å². The number of esters is 6. The van der Waals surface area contributed by atoms with Crippen LogP contribution in [-0.4, -0.2) is 99.9 Å². The van der Waals surface area contributed by atoms with Crippen molar-refractivity contribution >= 4 is 35.8 Å². The van der Waals surface area contributed by atoms with E-state index in [1.165, 1.54) is 0 Å². The highest BCUT2D eigenvalue weighted by atomic mass is 16.6. The van der Waals surface area contributed by atoms with E-state index in [9.17, 15) is 28.8 Å². The van der Waals surface area contributed by atoms with Gasteiger partial charge in [0.25, 0.3) is 0 Å². The Labute approximate surface area is 298 Å². The third-order valence-corrected chi connectivity index (χ3v) is 8.95. The number of hydrogen-bond acceptors (Lipinski definition) is 14. The van der Waals surface area contributed by atoms with E-state index in [-0.39, 0.29) is 38.4 Å². The summed E-state index contributed by atoms with van der Waals surface area (Å²) in [6.07, 6.45) is 14.1. The van der Waals surface area contributed by atoms with Crippen LogP contribution in [0.15, 0.2) is 50.6 Å². The Balaban J connectivity index is 0.000000276. The monoisotopic (exact) mass is 718 g/mol. The van der Waals surface area contributed by atoms with E-state index < -0.39 is 29.3 Å². The molecule has 51 heavy (non-hydrogen) atoms. The van der Waals surface area contributed by atoms with Crippen LogP contribution in [0.2, 0.25) is 0 Å². The van der Waals surface area contributed by atoms with Gasteiger partial charge in [0.05, 0.1) is 37.6 Å². The average Bonchev–Trinajstić information content (AvgIpc) is 4.09. The summed E-state index contributed by atoms with van der Waals surface area (Å²) >= 11 is 0. The lowest BCUT2D eigenvalue weighted by molar-refractivity contribution is -0.164. The minimum atomic E-state index is -1.34.